The molecule has 1 aliphatic carbocycles. The van der Waals surface area contributed by atoms with E-state index in [1.807, 2.05) is 31.2 Å². The van der Waals surface area contributed by atoms with Crippen LogP contribution in [0.2, 0.25) is 5.02 Å². The number of imidazole rings is 1. The average molecular weight is 533 g/mol. The summed E-state index contributed by atoms with van der Waals surface area (Å²) < 4.78 is 33.0. The van der Waals surface area contributed by atoms with Gasteiger partial charge < -0.3 is 15.3 Å². The van der Waals surface area contributed by atoms with E-state index in [0.717, 1.165) is 34.5 Å². The first-order chi connectivity index (χ1) is 18.3. The number of fused-ring (bicyclic) bond motifs is 3. The number of H-pyrrole nitrogens is 1. The van der Waals surface area contributed by atoms with E-state index in [4.69, 9.17) is 17.3 Å². The minimum atomic E-state index is -0.874. The van der Waals surface area contributed by atoms with Crippen LogP contribution >= 0.6 is 11.6 Å². The molecule has 2 aliphatic rings. The number of anilines is 1. The van der Waals surface area contributed by atoms with Crippen molar-refractivity contribution in [3.8, 4) is 28.1 Å². The molecule has 0 spiro atoms. The largest absolute Gasteiger partial charge is 0.397 e. The summed E-state index contributed by atoms with van der Waals surface area (Å²) in [4.78, 5) is 20.5. The molecule has 3 atom stereocenters. The lowest BCUT2D eigenvalue weighted by atomic mass is 10.0. The Kier molecular flexibility index (Phi) is 4.83. The number of nitrogens with zero attached hydrogens (tertiary/aromatic N) is 6. The normalized spacial score (nSPS) is 19.4. The second-order valence-corrected chi connectivity index (χ2v) is 10.1. The van der Waals surface area contributed by atoms with Crippen LogP contribution in [0, 0.1) is 24.6 Å². The topological polar surface area (TPSA) is 120 Å². The van der Waals surface area contributed by atoms with Crippen molar-refractivity contribution < 1.29 is 8.78 Å². The molecule has 9 nitrogen and oxygen atoms in total. The number of nitrogens with two attached hydrogens (primary N) is 1. The van der Waals surface area contributed by atoms with Crippen molar-refractivity contribution in [2.75, 3.05) is 5.73 Å². The summed E-state index contributed by atoms with van der Waals surface area (Å²) >= 11 is 5.94. The molecule has 0 bridgehead atoms. The molecule has 0 amide bonds. The van der Waals surface area contributed by atoms with Crippen LogP contribution < -0.4 is 11.3 Å². The van der Waals surface area contributed by atoms with E-state index in [-0.39, 0.29) is 45.2 Å². The monoisotopic (exact) mass is 532 g/mol. The molecule has 2 aromatic carbocycles. The van der Waals surface area contributed by atoms with Gasteiger partial charge in [0.2, 0.25) is 5.95 Å². The van der Waals surface area contributed by atoms with E-state index in [1.165, 1.54) is 18.5 Å². The van der Waals surface area contributed by atoms with Crippen molar-refractivity contribution in [3.63, 3.8) is 0 Å². The smallest absolute Gasteiger partial charge is 0.252 e. The van der Waals surface area contributed by atoms with Crippen LogP contribution in [0.1, 0.15) is 35.5 Å². The predicted molar refractivity (Wildman–Crippen MR) is 136 cm³/mol. The molecule has 5 aromatic rings. The lowest BCUT2D eigenvalue weighted by Gasteiger charge is -2.18. The molecule has 38 heavy (non-hydrogen) atoms. The summed E-state index contributed by atoms with van der Waals surface area (Å²) in [5.74, 6) is -1.24. The van der Waals surface area contributed by atoms with Crippen molar-refractivity contribution in [1.82, 2.24) is 34.7 Å². The Labute approximate surface area is 218 Å². The fraction of sp³-hybridized carbons (Fsp3) is 0.192. The maximum Gasteiger partial charge on any atom is 0.252 e. The minimum Gasteiger partial charge on any atom is -0.397 e. The zero-order chi connectivity index (χ0) is 26.3. The Morgan fingerprint density at radius 1 is 1.13 bits per heavy atom. The van der Waals surface area contributed by atoms with Gasteiger partial charge >= 0.3 is 0 Å². The van der Waals surface area contributed by atoms with Crippen molar-refractivity contribution in [1.29, 1.82) is 0 Å². The highest BCUT2D eigenvalue weighted by atomic mass is 35.5. The summed E-state index contributed by atoms with van der Waals surface area (Å²) in [5, 5.41) is 11.2. The van der Waals surface area contributed by atoms with Gasteiger partial charge in [0.15, 0.2) is 5.82 Å². The Hall–Kier alpha value is -4.38. The summed E-state index contributed by atoms with van der Waals surface area (Å²) in [6.07, 6.45) is 2.34. The molecule has 7 rings (SSSR count). The zero-order valence-electron chi connectivity index (χ0n) is 19.9. The Morgan fingerprint density at radius 2 is 1.97 bits per heavy atom. The Morgan fingerprint density at radius 3 is 2.76 bits per heavy atom. The Bertz CT molecular complexity index is 1810. The fourth-order valence-electron chi connectivity index (χ4n) is 5.56. The van der Waals surface area contributed by atoms with Gasteiger partial charge in [-0.1, -0.05) is 23.2 Å². The molecular weight excluding hydrogens is 514 g/mol. The van der Waals surface area contributed by atoms with Crippen LogP contribution in [0.25, 0.3) is 28.1 Å². The summed E-state index contributed by atoms with van der Waals surface area (Å²) in [6, 6.07) is 11.7. The minimum absolute atomic E-state index is 0.0535. The average Bonchev–Trinajstić information content (AvgIpc) is 3.20. The van der Waals surface area contributed by atoms with Crippen LogP contribution in [0.15, 0.2) is 53.6 Å². The SMILES string of the molecule is Cc1ccc(-n2cnnn2)c(-c2cc3n(c(=O)c2)C(c2nc(F)c(-c4ccc(N)c(Cl)c4F)[nH]2)C2CC32)c1. The first-order valence-corrected chi connectivity index (χ1v) is 12.3. The van der Waals surface area contributed by atoms with E-state index < -0.39 is 17.8 Å². The molecule has 3 aromatic heterocycles. The molecule has 4 heterocycles. The highest BCUT2D eigenvalue weighted by Crippen LogP contribution is 2.60. The number of nitrogens with one attached hydrogen (secondary N) is 1. The van der Waals surface area contributed by atoms with Crippen LogP contribution in [-0.4, -0.2) is 34.7 Å². The second kappa shape index (κ2) is 8.06. The molecule has 1 fully saturated rings. The first kappa shape index (κ1) is 22.8. The lowest BCUT2D eigenvalue weighted by molar-refractivity contribution is 0.504. The maximum absolute atomic E-state index is 15.0. The Balaban J connectivity index is 1.33. The predicted octanol–water partition coefficient (Wildman–Crippen LogP) is 4.41. The number of pyridine rings is 1. The van der Waals surface area contributed by atoms with E-state index in [0.29, 0.717) is 0 Å². The maximum atomic E-state index is 15.0. The van der Waals surface area contributed by atoms with Gasteiger partial charge in [-0.05, 0) is 65.6 Å². The van der Waals surface area contributed by atoms with Gasteiger partial charge in [0.05, 0.1) is 22.4 Å². The zero-order valence-corrected chi connectivity index (χ0v) is 20.6. The number of nitrogen functional groups attached to an aromatic ring is 1. The van der Waals surface area contributed by atoms with Crippen LogP contribution in [0.5, 0.6) is 0 Å². The number of aromatic amines is 1. The van der Waals surface area contributed by atoms with E-state index in [2.05, 4.69) is 25.5 Å². The van der Waals surface area contributed by atoms with E-state index >= 15 is 0 Å². The lowest BCUT2D eigenvalue weighted by Crippen LogP contribution is -2.26. The molecule has 1 saturated carbocycles. The molecule has 3 N–H and O–H groups in total. The third-order valence-corrected chi connectivity index (χ3v) is 7.78. The quantitative estimate of drug-likeness (QED) is 0.331. The van der Waals surface area contributed by atoms with Gasteiger partial charge in [-0.3, -0.25) is 4.79 Å². The summed E-state index contributed by atoms with van der Waals surface area (Å²) in [7, 11) is 0. The second-order valence-electron chi connectivity index (χ2n) is 9.72. The summed E-state index contributed by atoms with van der Waals surface area (Å²) in [5.41, 5.74) is 9.44. The highest BCUT2D eigenvalue weighted by molar-refractivity contribution is 6.33. The van der Waals surface area contributed by atoms with Gasteiger partial charge in [-0.25, -0.2) is 9.37 Å². The third kappa shape index (κ3) is 3.31. The number of hydrogen-bond donors (Lipinski definition) is 2. The van der Waals surface area contributed by atoms with Gasteiger partial charge in [0.1, 0.15) is 17.8 Å². The molecule has 0 saturated heterocycles. The van der Waals surface area contributed by atoms with E-state index in [9.17, 15) is 13.6 Å². The number of aromatic nitrogens is 7. The van der Waals surface area contributed by atoms with Crippen molar-refractivity contribution in [2.45, 2.75) is 25.3 Å². The number of rotatable bonds is 4. The summed E-state index contributed by atoms with van der Waals surface area (Å²) in [6.45, 7) is 1.97. The standard InChI is InChI=1S/C26H19ClF2N8O/c1-11-2-5-18(36-10-31-34-35-36)14(6-11)12-7-19-15-9-16(15)24(37(19)20(38)8-12)26-32-23(25(29)33-26)13-3-4-17(30)21(27)22(13)28/h2-8,10,15-16,24H,9,30H2,1H3,(H,32,33). The van der Waals surface area contributed by atoms with Gasteiger partial charge in [-0.2, -0.15) is 9.07 Å². The molecular formula is C26H19ClF2N8O. The van der Waals surface area contributed by atoms with Crippen molar-refractivity contribution in [2.24, 2.45) is 5.92 Å². The van der Waals surface area contributed by atoms with Crippen molar-refractivity contribution in [3.05, 3.63) is 93.0 Å². The molecule has 190 valence electrons. The molecule has 3 unspecified atom stereocenters. The number of halogens is 3. The highest BCUT2D eigenvalue weighted by Gasteiger charge is 2.54. The molecule has 1 aliphatic heterocycles. The number of benzene rings is 2. The number of hydrogen-bond acceptors (Lipinski definition) is 6. The number of aryl methyl sites for hydroxylation is 1. The van der Waals surface area contributed by atoms with Gasteiger partial charge in [0, 0.05) is 28.8 Å². The van der Waals surface area contributed by atoms with Crippen LogP contribution in [-0.2, 0) is 0 Å². The molecule has 0 radical (unpaired) electrons. The fourth-order valence-corrected chi connectivity index (χ4v) is 5.72. The van der Waals surface area contributed by atoms with Crippen LogP contribution in [0.4, 0.5) is 14.5 Å². The van der Waals surface area contributed by atoms with Crippen molar-refractivity contribution >= 4 is 17.3 Å². The first-order valence-electron chi connectivity index (χ1n) is 11.9. The number of tetrazole rings is 1. The third-order valence-electron chi connectivity index (χ3n) is 7.40. The van der Waals surface area contributed by atoms with Crippen LogP contribution in [0.3, 0.4) is 0 Å². The molecule has 12 heteroatoms. The van der Waals surface area contributed by atoms with Gasteiger partial charge in [-0.15, -0.1) is 5.10 Å². The van der Waals surface area contributed by atoms with Gasteiger partial charge in [0.25, 0.3) is 5.56 Å². The van der Waals surface area contributed by atoms with E-state index in [1.54, 1.807) is 15.3 Å².